The van der Waals surface area contributed by atoms with Gasteiger partial charge in [0, 0.05) is 20.2 Å². The minimum absolute atomic E-state index is 0.0618. The number of nitrogens with zero attached hydrogens (tertiary/aromatic N) is 1. The van der Waals surface area contributed by atoms with Gasteiger partial charge in [-0.05, 0) is 30.0 Å². The molecule has 0 aliphatic carbocycles. The molecule has 1 aliphatic rings. The maximum absolute atomic E-state index is 12.6. The normalized spacial score (nSPS) is 22.8. The number of hydrogen-bond donors (Lipinski definition) is 1. The van der Waals surface area contributed by atoms with Gasteiger partial charge < -0.3 is 10.5 Å². The van der Waals surface area contributed by atoms with Crippen LogP contribution in [-0.2, 0) is 26.0 Å². The second-order valence-electron chi connectivity index (χ2n) is 5.69. The molecule has 2 atom stereocenters. The number of hydrogen-bond acceptors (Lipinski definition) is 4. The van der Waals surface area contributed by atoms with E-state index in [9.17, 15) is 13.2 Å². The summed E-state index contributed by atoms with van der Waals surface area (Å²) >= 11 is 0. The third-order valence-corrected chi connectivity index (χ3v) is 5.95. The SMILES string of the molecule is COCCc1ccc(S(=O)(=O)N2C[C@@H](C)[C@H](C(N)=O)C2)cc1. The Morgan fingerprint density at radius 1 is 1.32 bits per heavy atom. The minimum atomic E-state index is -3.58. The molecule has 7 heteroatoms. The maximum Gasteiger partial charge on any atom is 0.243 e. The highest BCUT2D eigenvalue weighted by atomic mass is 32.2. The van der Waals surface area contributed by atoms with Crippen LogP contribution in [0.1, 0.15) is 12.5 Å². The van der Waals surface area contributed by atoms with Crippen molar-refractivity contribution in [3.63, 3.8) is 0 Å². The predicted molar refractivity (Wildman–Crippen MR) is 82.6 cm³/mol. The average molecular weight is 326 g/mol. The van der Waals surface area contributed by atoms with Crippen molar-refractivity contribution in [3.8, 4) is 0 Å². The molecule has 0 radical (unpaired) electrons. The summed E-state index contributed by atoms with van der Waals surface area (Å²) in [6.07, 6.45) is 0.737. The first-order valence-electron chi connectivity index (χ1n) is 7.23. The number of benzene rings is 1. The van der Waals surface area contributed by atoms with Gasteiger partial charge in [-0.25, -0.2) is 8.42 Å². The van der Waals surface area contributed by atoms with E-state index < -0.39 is 21.8 Å². The molecule has 1 saturated heterocycles. The van der Waals surface area contributed by atoms with Crippen molar-refractivity contribution in [2.45, 2.75) is 18.2 Å². The van der Waals surface area contributed by atoms with Gasteiger partial charge in [0.15, 0.2) is 0 Å². The van der Waals surface area contributed by atoms with Crippen LogP contribution in [0.3, 0.4) is 0 Å². The zero-order valence-corrected chi connectivity index (χ0v) is 13.7. The van der Waals surface area contributed by atoms with Crippen molar-refractivity contribution in [3.05, 3.63) is 29.8 Å². The van der Waals surface area contributed by atoms with Gasteiger partial charge in [0.05, 0.1) is 17.4 Å². The van der Waals surface area contributed by atoms with Crippen LogP contribution >= 0.6 is 0 Å². The summed E-state index contributed by atoms with van der Waals surface area (Å²) in [5, 5.41) is 0. The first-order valence-corrected chi connectivity index (χ1v) is 8.67. The molecule has 2 rings (SSSR count). The summed E-state index contributed by atoms with van der Waals surface area (Å²) in [6, 6.07) is 6.78. The minimum Gasteiger partial charge on any atom is -0.384 e. The number of carbonyl (C=O) groups excluding carboxylic acids is 1. The molecule has 1 heterocycles. The maximum atomic E-state index is 12.6. The van der Waals surface area contributed by atoms with E-state index in [0.717, 1.165) is 12.0 Å². The Hall–Kier alpha value is -1.44. The van der Waals surface area contributed by atoms with Gasteiger partial charge in [0.1, 0.15) is 0 Å². The molecule has 0 unspecified atom stereocenters. The second-order valence-corrected chi connectivity index (χ2v) is 7.63. The molecule has 0 saturated carbocycles. The smallest absolute Gasteiger partial charge is 0.243 e. The van der Waals surface area contributed by atoms with Gasteiger partial charge in [-0.3, -0.25) is 4.79 Å². The van der Waals surface area contributed by atoms with Crippen LogP contribution < -0.4 is 5.73 Å². The lowest BCUT2D eigenvalue weighted by molar-refractivity contribution is -0.122. The summed E-state index contributed by atoms with van der Waals surface area (Å²) in [4.78, 5) is 11.6. The fourth-order valence-corrected chi connectivity index (χ4v) is 4.25. The lowest BCUT2D eigenvalue weighted by Crippen LogP contribution is -2.32. The number of rotatable bonds is 6. The lowest BCUT2D eigenvalue weighted by atomic mass is 9.98. The lowest BCUT2D eigenvalue weighted by Gasteiger charge is -2.16. The van der Waals surface area contributed by atoms with Crippen molar-refractivity contribution in [2.24, 2.45) is 17.6 Å². The van der Waals surface area contributed by atoms with Crippen molar-refractivity contribution in [2.75, 3.05) is 26.8 Å². The number of primary amides is 1. The van der Waals surface area contributed by atoms with E-state index in [1.165, 1.54) is 4.31 Å². The molecule has 1 aromatic carbocycles. The summed E-state index contributed by atoms with van der Waals surface area (Å²) in [6.45, 7) is 2.92. The number of ether oxygens (including phenoxy) is 1. The Morgan fingerprint density at radius 3 is 2.45 bits per heavy atom. The molecule has 1 amide bonds. The van der Waals surface area contributed by atoms with Gasteiger partial charge in [0.2, 0.25) is 15.9 Å². The summed E-state index contributed by atoms with van der Waals surface area (Å²) in [5.41, 5.74) is 6.35. The number of sulfonamides is 1. The third kappa shape index (κ3) is 3.48. The topological polar surface area (TPSA) is 89.7 Å². The highest BCUT2D eigenvalue weighted by Gasteiger charge is 2.39. The van der Waals surface area contributed by atoms with Crippen LogP contribution in [0.4, 0.5) is 0 Å². The predicted octanol–water partition coefficient (Wildman–Crippen LogP) is 0.617. The standard InChI is InChI=1S/C15H22N2O4S/c1-11-9-17(10-14(11)15(16)18)22(19,20)13-5-3-12(4-6-13)7-8-21-2/h3-6,11,14H,7-10H2,1-2H3,(H2,16,18)/t11-,14-/m1/s1. The van der Waals surface area contributed by atoms with Crippen molar-refractivity contribution in [1.82, 2.24) is 4.31 Å². The number of carbonyl (C=O) groups is 1. The van der Waals surface area contributed by atoms with Crippen LogP contribution in [-0.4, -0.2) is 45.4 Å². The summed E-state index contributed by atoms with van der Waals surface area (Å²) in [5.74, 6) is -0.927. The van der Waals surface area contributed by atoms with Crippen LogP contribution in [0.15, 0.2) is 29.2 Å². The van der Waals surface area contributed by atoms with E-state index in [-0.39, 0.29) is 17.4 Å². The first kappa shape index (κ1) is 16.9. The van der Waals surface area contributed by atoms with Crippen LogP contribution in [0.5, 0.6) is 0 Å². The Kier molecular flexibility index (Phi) is 5.20. The molecular formula is C15H22N2O4S. The van der Waals surface area contributed by atoms with E-state index in [2.05, 4.69) is 0 Å². The Bertz CT molecular complexity index is 627. The second kappa shape index (κ2) is 6.76. The van der Waals surface area contributed by atoms with Gasteiger partial charge in [-0.2, -0.15) is 4.31 Å². The Morgan fingerprint density at radius 2 is 1.95 bits per heavy atom. The Labute approximate surface area is 131 Å². The molecule has 22 heavy (non-hydrogen) atoms. The van der Waals surface area contributed by atoms with Crippen molar-refractivity contribution in [1.29, 1.82) is 0 Å². The van der Waals surface area contributed by atoms with E-state index in [0.29, 0.717) is 13.2 Å². The van der Waals surface area contributed by atoms with E-state index in [1.54, 1.807) is 31.4 Å². The van der Waals surface area contributed by atoms with E-state index in [4.69, 9.17) is 10.5 Å². The fraction of sp³-hybridized carbons (Fsp3) is 0.533. The van der Waals surface area contributed by atoms with Crippen molar-refractivity contribution < 1.29 is 17.9 Å². The summed E-state index contributed by atoms with van der Waals surface area (Å²) in [7, 11) is -1.95. The monoisotopic (exact) mass is 326 g/mol. The van der Waals surface area contributed by atoms with E-state index >= 15 is 0 Å². The molecule has 1 aromatic rings. The number of methoxy groups -OCH3 is 1. The zero-order valence-electron chi connectivity index (χ0n) is 12.9. The zero-order chi connectivity index (χ0) is 16.3. The molecule has 122 valence electrons. The highest BCUT2D eigenvalue weighted by molar-refractivity contribution is 7.89. The quantitative estimate of drug-likeness (QED) is 0.830. The molecule has 1 fully saturated rings. The van der Waals surface area contributed by atoms with Gasteiger partial charge in [-0.1, -0.05) is 19.1 Å². The molecule has 6 nitrogen and oxygen atoms in total. The molecular weight excluding hydrogens is 304 g/mol. The fourth-order valence-electron chi connectivity index (χ4n) is 2.69. The third-order valence-electron chi connectivity index (χ3n) is 4.10. The van der Waals surface area contributed by atoms with Crippen molar-refractivity contribution >= 4 is 15.9 Å². The molecule has 1 aliphatic heterocycles. The van der Waals surface area contributed by atoms with Gasteiger partial charge in [-0.15, -0.1) is 0 Å². The molecule has 0 bridgehead atoms. The first-order chi connectivity index (χ1) is 10.4. The average Bonchev–Trinajstić information content (AvgIpc) is 2.88. The Balaban J connectivity index is 2.15. The number of nitrogens with two attached hydrogens (primary N) is 1. The van der Waals surface area contributed by atoms with E-state index in [1.807, 2.05) is 6.92 Å². The van der Waals surface area contributed by atoms with Crippen LogP contribution in [0.2, 0.25) is 0 Å². The number of amides is 1. The largest absolute Gasteiger partial charge is 0.384 e. The van der Waals surface area contributed by atoms with Crippen LogP contribution in [0.25, 0.3) is 0 Å². The summed E-state index contributed by atoms with van der Waals surface area (Å²) < 4.78 is 31.6. The van der Waals surface area contributed by atoms with Gasteiger partial charge in [0.25, 0.3) is 0 Å². The molecule has 0 aromatic heterocycles. The molecule has 2 N–H and O–H groups in total. The van der Waals surface area contributed by atoms with Gasteiger partial charge >= 0.3 is 0 Å². The van der Waals surface area contributed by atoms with Crippen LogP contribution in [0, 0.1) is 11.8 Å². The molecule has 0 spiro atoms. The highest BCUT2D eigenvalue weighted by Crippen LogP contribution is 2.28.